The summed E-state index contributed by atoms with van der Waals surface area (Å²) in [6.07, 6.45) is -5.80. The van der Waals surface area contributed by atoms with Crippen molar-refractivity contribution in [2.24, 2.45) is 0 Å². The van der Waals surface area contributed by atoms with Gasteiger partial charge in [0.15, 0.2) is 6.29 Å². The summed E-state index contributed by atoms with van der Waals surface area (Å²) in [4.78, 5) is 11.6. The van der Waals surface area contributed by atoms with Gasteiger partial charge in [0.2, 0.25) is 0 Å². The van der Waals surface area contributed by atoms with Gasteiger partial charge in [-0.2, -0.15) is 0 Å². The van der Waals surface area contributed by atoms with Crippen molar-refractivity contribution in [2.45, 2.75) is 36.8 Å². The first-order valence-electron chi connectivity index (χ1n) is 8.56. The summed E-state index contributed by atoms with van der Waals surface area (Å²) in [5.41, 5.74) is 0.668. The van der Waals surface area contributed by atoms with Crippen LogP contribution in [0.2, 0.25) is 0 Å². The lowest BCUT2D eigenvalue weighted by Crippen LogP contribution is -2.59. The zero-order valence-electron chi connectivity index (χ0n) is 14.9. The normalized spacial score (nSPS) is 29.0. The number of hydrogen-bond acceptors (Lipinski definition) is 10. The van der Waals surface area contributed by atoms with Gasteiger partial charge in [0.1, 0.15) is 42.9 Å². The molecule has 1 heterocycles. The van der Waals surface area contributed by atoms with Crippen LogP contribution in [0.4, 0.5) is 0 Å². The molecule has 6 atom stereocenters. The van der Waals surface area contributed by atoms with Gasteiger partial charge in [0.05, 0.1) is 13.2 Å². The lowest BCUT2D eigenvalue weighted by atomic mass is 9.99. The number of ether oxygens (including phenoxy) is 3. The molecule has 0 radical (unpaired) electrons. The average Bonchev–Trinajstić information content (AvgIpc) is 2.69. The number of hydrogen-bond donors (Lipinski definition) is 6. The van der Waals surface area contributed by atoms with Gasteiger partial charge < -0.3 is 44.8 Å². The molecular formula is C18H24O10. The smallest absolute Gasteiger partial charge is 0.330 e. The van der Waals surface area contributed by atoms with Crippen LogP contribution in [0.5, 0.6) is 5.75 Å². The molecule has 156 valence electrons. The maximum Gasteiger partial charge on any atom is 0.330 e. The minimum atomic E-state index is -1.59. The Bertz CT molecular complexity index is 644. The molecule has 0 saturated carbocycles. The fourth-order valence-electron chi connectivity index (χ4n) is 2.44. The standard InChI is InChI=1S/C18H24O10/c19-7-13-15(23)16(24)17(25)18(28-13)27-9-12(21)8-26-14(22)6-3-10-1-4-11(20)5-2-10/h1-6,12-13,15-21,23-25H,7-9H2/b6-3+. The van der Waals surface area contributed by atoms with Crippen LogP contribution in [-0.2, 0) is 19.0 Å². The highest BCUT2D eigenvalue weighted by Crippen LogP contribution is 2.22. The van der Waals surface area contributed by atoms with Crippen LogP contribution in [0.15, 0.2) is 30.3 Å². The van der Waals surface area contributed by atoms with Crippen molar-refractivity contribution in [3.63, 3.8) is 0 Å². The molecule has 0 aromatic heterocycles. The molecule has 1 aromatic rings. The summed E-state index contributed by atoms with van der Waals surface area (Å²) in [6.45, 7) is -1.38. The average molecular weight is 400 g/mol. The molecule has 0 spiro atoms. The molecule has 1 saturated heterocycles. The Labute approximate surface area is 160 Å². The summed E-state index contributed by atoms with van der Waals surface area (Å²) in [5.74, 6) is -0.609. The van der Waals surface area contributed by atoms with Crippen LogP contribution in [0.1, 0.15) is 5.56 Å². The minimum Gasteiger partial charge on any atom is -0.508 e. The number of rotatable bonds is 8. The zero-order chi connectivity index (χ0) is 20.7. The lowest BCUT2D eigenvalue weighted by molar-refractivity contribution is -0.304. The molecule has 6 unspecified atom stereocenters. The predicted octanol–water partition coefficient (Wildman–Crippen LogP) is -1.87. The summed E-state index contributed by atoms with van der Waals surface area (Å²) in [6, 6.07) is 6.13. The van der Waals surface area contributed by atoms with Gasteiger partial charge in [-0.1, -0.05) is 12.1 Å². The molecule has 10 heteroatoms. The van der Waals surface area contributed by atoms with E-state index in [1.54, 1.807) is 12.1 Å². The van der Waals surface area contributed by atoms with Crippen molar-refractivity contribution >= 4 is 12.0 Å². The maximum absolute atomic E-state index is 11.6. The van der Waals surface area contributed by atoms with E-state index in [0.717, 1.165) is 6.08 Å². The van der Waals surface area contributed by atoms with E-state index in [9.17, 15) is 30.3 Å². The Balaban J connectivity index is 1.73. The van der Waals surface area contributed by atoms with Gasteiger partial charge >= 0.3 is 5.97 Å². The Morgan fingerprint density at radius 2 is 1.79 bits per heavy atom. The van der Waals surface area contributed by atoms with Crippen molar-refractivity contribution in [1.29, 1.82) is 0 Å². The zero-order valence-corrected chi connectivity index (χ0v) is 14.9. The Morgan fingerprint density at radius 3 is 2.43 bits per heavy atom. The van der Waals surface area contributed by atoms with Gasteiger partial charge in [0, 0.05) is 6.08 Å². The summed E-state index contributed by atoms with van der Waals surface area (Å²) >= 11 is 0. The van der Waals surface area contributed by atoms with E-state index in [2.05, 4.69) is 0 Å². The van der Waals surface area contributed by atoms with Crippen LogP contribution >= 0.6 is 0 Å². The Morgan fingerprint density at radius 1 is 1.11 bits per heavy atom. The predicted molar refractivity (Wildman–Crippen MR) is 93.8 cm³/mol. The first-order chi connectivity index (χ1) is 13.3. The largest absolute Gasteiger partial charge is 0.508 e. The van der Waals surface area contributed by atoms with Crippen molar-refractivity contribution in [2.75, 3.05) is 19.8 Å². The number of phenols is 1. The first-order valence-corrected chi connectivity index (χ1v) is 8.56. The summed E-state index contributed by atoms with van der Waals surface area (Å²) < 4.78 is 15.1. The second-order valence-corrected chi connectivity index (χ2v) is 6.24. The Hall–Kier alpha value is -2.05. The van der Waals surface area contributed by atoms with Crippen molar-refractivity contribution in [3.05, 3.63) is 35.9 Å². The van der Waals surface area contributed by atoms with Crippen molar-refractivity contribution in [3.8, 4) is 5.75 Å². The van der Waals surface area contributed by atoms with E-state index in [-0.39, 0.29) is 5.75 Å². The number of phenolic OH excluding ortho intramolecular Hbond substituents is 1. The van der Waals surface area contributed by atoms with Gasteiger partial charge in [-0.05, 0) is 23.8 Å². The van der Waals surface area contributed by atoms with Crippen LogP contribution < -0.4 is 0 Å². The second kappa shape index (κ2) is 10.5. The van der Waals surface area contributed by atoms with Crippen LogP contribution in [0.3, 0.4) is 0 Å². The van der Waals surface area contributed by atoms with E-state index >= 15 is 0 Å². The van der Waals surface area contributed by atoms with Gasteiger partial charge in [-0.25, -0.2) is 4.79 Å². The number of aromatic hydroxyl groups is 1. The summed E-state index contributed by atoms with van der Waals surface area (Å²) in [7, 11) is 0. The van der Waals surface area contributed by atoms with E-state index in [4.69, 9.17) is 19.3 Å². The molecule has 1 aliphatic rings. The van der Waals surface area contributed by atoms with Crippen LogP contribution in [-0.4, -0.2) is 93.2 Å². The van der Waals surface area contributed by atoms with E-state index in [1.165, 1.54) is 18.2 Å². The van der Waals surface area contributed by atoms with E-state index < -0.39 is 62.6 Å². The molecule has 6 N–H and O–H groups in total. The third kappa shape index (κ3) is 6.24. The molecule has 2 rings (SSSR count). The molecule has 1 aliphatic heterocycles. The van der Waals surface area contributed by atoms with Crippen molar-refractivity contribution in [1.82, 2.24) is 0 Å². The highest BCUT2D eigenvalue weighted by Gasteiger charge is 2.44. The van der Waals surface area contributed by atoms with Crippen molar-refractivity contribution < 1.29 is 49.6 Å². The maximum atomic E-state index is 11.6. The van der Waals surface area contributed by atoms with Crippen LogP contribution in [0, 0.1) is 0 Å². The summed E-state index contributed by atoms with van der Waals surface area (Å²) in [5, 5.41) is 57.2. The van der Waals surface area contributed by atoms with Gasteiger partial charge in [-0.15, -0.1) is 0 Å². The minimum absolute atomic E-state index is 0.0993. The molecular weight excluding hydrogens is 376 g/mol. The lowest BCUT2D eigenvalue weighted by Gasteiger charge is -2.39. The number of benzene rings is 1. The van der Waals surface area contributed by atoms with Gasteiger partial charge in [-0.3, -0.25) is 0 Å². The molecule has 1 aromatic carbocycles. The van der Waals surface area contributed by atoms with E-state index in [0.29, 0.717) is 5.56 Å². The molecule has 1 fully saturated rings. The number of aliphatic hydroxyl groups excluding tert-OH is 5. The Kier molecular flexibility index (Phi) is 8.33. The fourth-order valence-corrected chi connectivity index (χ4v) is 2.44. The second-order valence-electron chi connectivity index (χ2n) is 6.24. The first kappa shape index (κ1) is 22.2. The molecule has 0 bridgehead atoms. The number of carbonyl (C=O) groups excluding carboxylic acids is 1. The molecule has 0 amide bonds. The quantitative estimate of drug-likeness (QED) is 0.215. The third-order valence-electron chi connectivity index (χ3n) is 4.02. The van der Waals surface area contributed by atoms with E-state index in [1.807, 2.05) is 0 Å². The monoisotopic (exact) mass is 400 g/mol. The molecule has 10 nitrogen and oxygen atoms in total. The molecule has 28 heavy (non-hydrogen) atoms. The highest BCUT2D eigenvalue weighted by molar-refractivity contribution is 5.87. The SMILES string of the molecule is O=C(/C=C/c1ccc(O)cc1)OCC(O)COC1OC(CO)C(O)C(O)C1O. The number of carbonyl (C=O) groups is 1. The third-order valence-corrected chi connectivity index (χ3v) is 4.02. The topological polar surface area (TPSA) is 166 Å². The molecule has 0 aliphatic carbocycles. The fraction of sp³-hybridized carbons (Fsp3) is 0.500. The number of esters is 1. The van der Waals surface area contributed by atoms with Crippen LogP contribution in [0.25, 0.3) is 6.08 Å². The number of aliphatic hydroxyl groups is 5. The highest BCUT2D eigenvalue weighted by atomic mass is 16.7. The van der Waals surface area contributed by atoms with Gasteiger partial charge in [0.25, 0.3) is 0 Å².